The molecule has 7 nitrogen and oxygen atoms in total. The van der Waals surface area contributed by atoms with Gasteiger partial charge in [-0.05, 0) is 24.3 Å². The second-order valence-corrected chi connectivity index (χ2v) is 6.34. The van der Waals surface area contributed by atoms with E-state index in [1.54, 1.807) is 10.8 Å². The Morgan fingerprint density at radius 1 is 0.870 bits per heavy atom. The van der Waals surface area contributed by atoms with Crippen molar-refractivity contribution in [2.75, 3.05) is 36.0 Å². The summed E-state index contributed by atoms with van der Waals surface area (Å²) in [5.41, 5.74) is 0.787. The molecule has 2 saturated heterocycles. The number of fused-ring (bicyclic) bond motifs is 2. The first-order valence-corrected chi connectivity index (χ1v) is 7.95. The smallest absolute Gasteiger partial charge is 0.177 e. The first-order valence-electron chi connectivity index (χ1n) is 7.95. The highest BCUT2D eigenvalue weighted by molar-refractivity contribution is 5.47. The highest BCUT2D eigenvalue weighted by Gasteiger charge is 2.40. The molecule has 5 rings (SSSR count). The van der Waals surface area contributed by atoms with Crippen molar-refractivity contribution >= 4 is 17.3 Å². The highest BCUT2D eigenvalue weighted by atomic mass is 15.4. The summed E-state index contributed by atoms with van der Waals surface area (Å²) in [7, 11) is 0. The molecule has 3 aromatic rings. The minimum Gasteiger partial charge on any atom is -0.356 e. The second kappa shape index (κ2) is 4.91. The van der Waals surface area contributed by atoms with Gasteiger partial charge in [0.2, 0.25) is 0 Å². The van der Waals surface area contributed by atoms with Crippen LogP contribution in [0.3, 0.4) is 0 Å². The molecule has 5 heterocycles. The van der Waals surface area contributed by atoms with Gasteiger partial charge in [0.05, 0.1) is 0 Å². The van der Waals surface area contributed by atoms with Crippen molar-refractivity contribution in [1.82, 2.24) is 24.8 Å². The third-order valence-electron chi connectivity index (χ3n) is 4.93. The maximum absolute atomic E-state index is 4.61. The molecule has 0 saturated carbocycles. The lowest BCUT2D eigenvalue weighted by Crippen LogP contribution is -2.29. The zero-order valence-corrected chi connectivity index (χ0v) is 12.7. The predicted octanol–water partition coefficient (Wildman–Crippen LogP) is 1.09. The van der Waals surface area contributed by atoms with E-state index in [9.17, 15) is 0 Å². The van der Waals surface area contributed by atoms with E-state index in [1.807, 2.05) is 24.4 Å². The molecule has 7 heteroatoms. The topological polar surface area (TPSA) is 62.5 Å². The quantitative estimate of drug-likeness (QED) is 0.706. The van der Waals surface area contributed by atoms with Crippen molar-refractivity contribution in [2.45, 2.75) is 0 Å². The largest absolute Gasteiger partial charge is 0.356 e. The minimum atomic E-state index is 0.676. The van der Waals surface area contributed by atoms with Crippen LogP contribution in [0.15, 0.2) is 42.9 Å². The van der Waals surface area contributed by atoms with E-state index in [2.05, 4.69) is 42.2 Å². The molecule has 0 bridgehead atoms. The minimum absolute atomic E-state index is 0.676. The Morgan fingerprint density at radius 2 is 1.65 bits per heavy atom. The molecule has 2 atom stereocenters. The van der Waals surface area contributed by atoms with Crippen LogP contribution in [0.2, 0.25) is 0 Å². The molecule has 0 aromatic carbocycles. The Kier molecular flexibility index (Phi) is 2.73. The molecule has 2 aliphatic heterocycles. The van der Waals surface area contributed by atoms with Crippen LogP contribution in [-0.4, -0.2) is 51.0 Å². The standard InChI is InChI=1S/C16H17N7/c1-2-6-17-14(3-1)21-7-12-9-22(10-13(12)8-21)16-5-4-15-19-18-11-23(15)20-16/h1-6,11-13H,7-10H2. The van der Waals surface area contributed by atoms with Crippen LogP contribution in [0.5, 0.6) is 0 Å². The van der Waals surface area contributed by atoms with Gasteiger partial charge >= 0.3 is 0 Å². The zero-order chi connectivity index (χ0) is 15.2. The summed E-state index contributed by atoms with van der Waals surface area (Å²) in [5, 5.41) is 12.5. The molecule has 116 valence electrons. The molecule has 3 aromatic heterocycles. The first-order chi connectivity index (χ1) is 11.4. The van der Waals surface area contributed by atoms with Crippen molar-refractivity contribution in [1.29, 1.82) is 0 Å². The summed E-state index contributed by atoms with van der Waals surface area (Å²) in [5.74, 6) is 3.46. The van der Waals surface area contributed by atoms with Gasteiger partial charge in [0.15, 0.2) is 5.65 Å². The van der Waals surface area contributed by atoms with E-state index in [0.717, 1.165) is 43.5 Å². The Bertz CT molecular complexity index is 817. The van der Waals surface area contributed by atoms with Crippen molar-refractivity contribution in [3.63, 3.8) is 0 Å². The van der Waals surface area contributed by atoms with Gasteiger partial charge in [-0.15, -0.1) is 15.3 Å². The monoisotopic (exact) mass is 307 g/mol. The van der Waals surface area contributed by atoms with Gasteiger partial charge in [-0.3, -0.25) is 0 Å². The van der Waals surface area contributed by atoms with Gasteiger partial charge in [-0.2, -0.15) is 4.52 Å². The fraction of sp³-hybridized carbons (Fsp3) is 0.375. The maximum Gasteiger partial charge on any atom is 0.177 e. The number of aromatic nitrogens is 5. The molecule has 0 N–H and O–H groups in total. The van der Waals surface area contributed by atoms with Gasteiger partial charge in [0.25, 0.3) is 0 Å². The van der Waals surface area contributed by atoms with E-state index < -0.39 is 0 Å². The Hall–Kier alpha value is -2.70. The van der Waals surface area contributed by atoms with Gasteiger partial charge in [-0.25, -0.2) is 4.98 Å². The predicted molar refractivity (Wildman–Crippen MR) is 86.4 cm³/mol. The van der Waals surface area contributed by atoms with Crippen molar-refractivity contribution in [3.8, 4) is 0 Å². The number of pyridine rings is 1. The molecule has 2 aliphatic rings. The molecule has 2 unspecified atom stereocenters. The average Bonchev–Trinajstić information content (AvgIpc) is 3.28. The molecule has 0 radical (unpaired) electrons. The van der Waals surface area contributed by atoms with Gasteiger partial charge < -0.3 is 9.80 Å². The van der Waals surface area contributed by atoms with Crippen LogP contribution in [0, 0.1) is 11.8 Å². The SMILES string of the molecule is c1ccc(N2CC3CN(c4ccc5nncn5n4)CC3C2)nc1. The third-order valence-corrected chi connectivity index (χ3v) is 4.93. The zero-order valence-electron chi connectivity index (χ0n) is 12.7. The highest BCUT2D eigenvalue weighted by Crippen LogP contribution is 2.34. The number of rotatable bonds is 2. The van der Waals surface area contributed by atoms with Crippen LogP contribution >= 0.6 is 0 Å². The molecule has 0 amide bonds. The van der Waals surface area contributed by atoms with Crippen LogP contribution in [0.1, 0.15) is 0 Å². The van der Waals surface area contributed by atoms with Crippen LogP contribution in [-0.2, 0) is 0 Å². The number of nitrogens with zero attached hydrogens (tertiary/aromatic N) is 7. The number of anilines is 2. The van der Waals surface area contributed by atoms with E-state index in [-0.39, 0.29) is 0 Å². The fourth-order valence-electron chi connectivity index (χ4n) is 3.80. The Balaban J connectivity index is 1.33. The summed E-state index contributed by atoms with van der Waals surface area (Å²) < 4.78 is 1.74. The summed E-state index contributed by atoms with van der Waals surface area (Å²) in [6, 6.07) is 10.1. The first kappa shape index (κ1) is 12.8. The van der Waals surface area contributed by atoms with Gasteiger partial charge in [0, 0.05) is 44.2 Å². The normalized spacial score (nSPS) is 23.7. The third kappa shape index (κ3) is 2.11. The lowest BCUT2D eigenvalue weighted by molar-refractivity contribution is 0.533. The maximum atomic E-state index is 4.61. The summed E-state index contributed by atoms with van der Waals surface area (Å²) in [4.78, 5) is 9.26. The molecule has 2 fully saturated rings. The summed E-state index contributed by atoms with van der Waals surface area (Å²) in [6.45, 7) is 4.25. The molecular weight excluding hydrogens is 290 g/mol. The molecule has 0 spiro atoms. The lowest BCUT2D eigenvalue weighted by atomic mass is 10.0. The van der Waals surface area contributed by atoms with E-state index >= 15 is 0 Å². The van der Waals surface area contributed by atoms with E-state index in [4.69, 9.17) is 0 Å². The lowest BCUT2D eigenvalue weighted by Gasteiger charge is -2.22. The van der Waals surface area contributed by atoms with Crippen LogP contribution in [0.4, 0.5) is 11.6 Å². The Labute approximate surface area is 133 Å². The number of hydrogen-bond donors (Lipinski definition) is 0. The molecule has 23 heavy (non-hydrogen) atoms. The second-order valence-electron chi connectivity index (χ2n) is 6.34. The van der Waals surface area contributed by atoms with Crippen LogP contribution in [0.25, 0.3) is 5.65 Å². The average molecular weight is 307 g/mol. The van der Waals surface area contributed by atoms with Crippen LogP contribution < -0.4 is 9.80 Å². The number of hydrogen-bond acceptors (Lipinski definition) is 6. The molecule has 0 aliphatic carbocycles. The van der Waals surface area contributed by atoms with Gasteiger partial charge in [0.1, 0.15) is 18.0 Å². The Morgan fingerprint density at radius 3 is 2.39 bits per heavy atom. The van der Waals surface area contributed by atoms with Crippen molar-refractivity contribution < 1.29 is 0 Å². The van der Waals surface area contributed by atoms with Crippen molar-refractivity contribution in [3.05, 3.63) is 42.9 Å². The van der Waals surface area contributed by atoms with Gasteiger partial charge in [-0.1, -0.05) is 6.07 Å². The fourth-order valence-corrected chi connectivity index (χ4v) is 3.80. The van der Waals surface area contributed by atoms with Crippen molar-refractivity contribution in [2.24, 2.45) is 11.8 Å². The summed E-state index contributed by atoms with van der Waals surface area (Å²) in [6.07, 6.45) is 3.52. The van der Waals surface area contributed by atoms with E-state index in [0.29, 0.717) is 11.8 Å². The molecular formula is C16H17N7. The van der Waals surface area contributed by atoms with E-state index in [1.165, 1.54) is 0 Å². The summed E-state index contributed by atoms with van der Waals surface area (Å²) >= 11 is 0.